The van der Waals surface area contributed by atoms with Gasteiger partial charge in [0.2, 0.25) is 5.78 Å². The van der Waals surface area contributed by atoms with Crippen molar-refractivity contribution >= 4 is 28.0 Å². The molecule has 2 aromatic heterocycles. The fraction of sp³-hybridized carbons (Fsp3) is 0.0667. The van der Waals surface area contributed by atoms with Gasteiger partial charge in [-0.15, -0.1) is 11.3 Å². The van der Waals surface area contributed by atoms with Gasteiger partial charge >= 0.3 is 0 Å². The minimum atomic E-state index is -0.0161. The molecule has 4 heteroatoms. The number of benzene rings is 1. The summed E-state index contributed by atoms with van der Waals surface area (Å²) in [7, 11) is 1.57. The van der Waals surface area contributed by atoms with Crippen LogP contribution in [0.4, 0.5) is 0 Å². The quantitative estimate of drug-likeness (QED) is 0.683. The first kappa shape index (κ1) is 11.9. The van der Waals surface area contributed by atoms with Gasteiger partial charge in [-0.05, 0) is 35.7 Å². The zero-order valence-electron chi connectivity index (χ0n) is 10.3. The molecule has 0 fully saturated rings. The fourth-order valence-corrected chi connectivity index (χ4v) is 2.79. The Morgan fingerprint density at radius 1 is 1.26 bits per heavy atom. The van der Waals surface area contributed by atoms with Gasteiger partial charge < -0.3 is 4.74 Å². The maximum Gasteiger partial charge on any atom is 0.206 e. The summed E-state index contributed by atoms with van der Waals surface area (Å²) in [5, 5.41) is 2.82. The number of methoxy groups -OCH3 is 1. The molecule has 0 aliphatic carbocycles. The number of ether oxygens (including phenoxy) is 1. The first-order chi connectivity index (χ1) is 9.29. The third kappa shape index (κ3) is 2.11. The second kappa shape index (κ2) is 4.82. The monoisotopic (exact) mass is 269 g/mol. The molecule has 19 heavy (non-hydrogen) atoms. The average molecular weight is 269 g/mol. The first-order valence-electron chi connectivity index (χ1n) is 5.80. The Morgan fingerprint density at radius 3 is 3.00 bits per heavy atom. The fourth-order valence-electron chi connectivity index (χ4n) is 1.97. The molecule has 0 aliphatic heterocycles. The highest BCUT2D eigenvalue weighted by atomic mass is 32.1. The third-order valence-electron chi connectivity index (χ3n) is 2.92. The van der Waals surface area contributed by atoms with Crippen LogP contribution in [0.25, 0.3) is 10.9 Å². The van der Waals surface area contributed by atoms with E-state index in [2.05, 4.69) is 4.98 Å². The number of carbonyl (C=O) groups is 1. The van der Waals surface area contributed by atoms with Crippen LogP contribution in [0, 0.1) is 0 Å². The van der Waals surface area contributed by atoms with Gasteiger partial charge in [0.25, 0.3) is 0 Å². The van der Waals surface area contributed by atoms with Crippen molar-refractivity contribution in [2.45, 2.75) is 0 Å². The van der Waals surface area contributed by atoms with Gasteiger partial charge in [-0.2, -0.15) is 0 Å². The topological polar surface area (TPSA) is 39.2 Å². The lowest BCUT2D eigenvalue weighted by molar-refractivity contribution is 0.104. The summed E-state index contributed by atoms with van der Waals surface area (Å²) in [6.07, 6.45) is 1.74. The molecule has 3 aromatic rings. The van der Waals surface area contributed by atoms with Gasteiger partial charge in [-0.3, -0.25) is 9.78 Å². The number of hydrogen-bond acceptors (Lipinski definition) is 4. The van der Waals surface area contributed by atoms with Gasteiger partial charge in [0, 0.05) is 17.1 Å². The average Bonchev–Trinajstić information content (AvgIpc) is 2.94. The van der Waals surface area contributed by atoms with E-state index < -0.39 is 0 Å². The van der Waals surface area contributed by atoms with Crippen LogP contribution in [0.5, 0.6) is 5.75 Å². The molecule has 3 rings (SSSR count). The minimum Gasteiger partial charge on any atom is -0.495 e. The number of pyridine rings is 1. The first-order valence-corrected chi connectivity index (χ1v) is 6.68. The lowest BCUT2D eigenvalue weighted by Crippen LogP contribution is -2.00. The highest BCUT2D eigenvalue weighted by Gasteiger charge is 2.16. The van der Waals surface area contributed by atoms with Crippen molar-refractivity contribution in [2.24, 2.45) is 0 Å². The second-order valence-corrected chi connectivity index (χ2v) is 4.97. The van der Waals surface area contributed by atoms with Crippen molar-refractivity contribution in [3.8, 4) is 5.75 Å². The van der Waals surface area contributed by atoms with E-state index in [0.29, 0.717) is 16.2 Å². The zero-order valence-corrected chi connectivity index (χ0v) is 11.1. The Kier molecular flexibility index (Phi) is 3.01. The lowest BCUT2D eigenvalue weighted by atomic mass is 10.1. The maximum atomic E-state index is 12.4. The molecule has 0 spiro atoms. The summed E-state index contributed by atoms with van der Waals surface area (Å²) >= 11 is 1.39. The van der Waals surface area contributed by atoms with Crippen molar-refractivity contribution in [1.29, 1.82) is 0 Å². The van der Waals surface area contributed by atoms with Crippen LogP contribution in [-0.4, -0.2) is 17.9 Å². The number of carbonyl (C=O) groups excluding carboxylic acids is 1. The zero-order chi connectivity index (χ0) is 13.2. The van der Waals surface area contributed by atoms with Crippen molar-refractivity contribution in [3.05, 3.63) is 58.4 Å². The SMILES string of the molecule is COc1ccsc1C(=O)c1ccc2ncccc2c1. The van der Waals surface area contributed by atoms with Crippen LogP contribution in [-0.2, 0) is 0 Å². The Balaban J connectivity index is 2.06. The van der Waals surface area contributed by atoms with E-state index in [-0.39, 0.29) is 5.78 Å². The van der Waals surface area contributed by atoms with E-state index in [9.17, 15) is 4.79 Å². The van der Waals surface area contributed by atoms with Crippen molar-refractivity contribution in [3.63, 3.8) is 0 Å². The molecule has 3 nitrogen and oxygen atoms in total. The van der Waals surface area contributed by atoms with Crippen LogP contribution < -0.4 is 4.74 Å². The van der Waals surface area contributed by atoms with Gasteiger partial charge in [-0.25, -0.2) is 0 Å². The van der Waals surface area contributed by atoms with Gasteiger partial charge in [0.05, 0.1) is 12.6 Å². The maximum absolute atomic E-state index is 12.4. The van der Waals surface area contributed by atoms with E-state index in [4.69, 9.17) is 4.74 Å². The molecule has 2 heterocycles. The normalized spacial score (nSPS) is 10.6. The van der Waals surface area contributed by atoms with Crippen LogP contribution in [0.15, 0.2) is 48.0 Å². The number of aromatic nitrogens is 1. The largest absolute Gasteiger partial charge is 0.495 e. The van der Waals surface area contributed by atoms with E-state index in [1.54, 1.807) is 25.4 Å². The van der Waals surface area contributed by atoms with E-state index in [0.717, 1.165) is 10.9 Å². The van der Waals surface area contributed by atoms with Gasteiger partial charge in [-0.1, -0.05) is 6.07 Å². The standard InChI is InChI=1S/C15H11NO2S/c1-18-13-6-8-19-15(13)14(17)11-4-5-12-10(9-11)3-2-7-16-12/h2-9H,1H3. The summed E-state index contributed by atoms with van der Waals surface area (Å²) in [5.41, 5.74) is 1.54. The van der Waals surface area contributed by atoms with Gasteiger partial charge in [0.1, 0.15) is 10.6 Å². The summed E-state index contributed by atoms with van der Waals surface area (Å²) in [4.78, 5) is 17.3. The highest BCUT2D eigenvalue weighted by molar-refractivity contribution is 7.12. The molecule has 0 unspecified atom stereocenters. The van der Waals surface area contributed by atoms with Crippen LogP contribution in [0.1, 0.15) is 15.2 Å². The number of nitrogens with zero attached hydrogens (tertiary/aromatic N) is 1. The lowest BCUT2D eigenvalue weighted by Gasteiger charge is -2.03. The van der Waals surface area contributed by atoms with Crippen LogP contribution in [0.2, 0.25) is 0 Å². The minimum absolute atomic E-state index is 0.0161. The molecule has 94 valence electrons. The predicted molar refractivity (Wildman–Crippen MR) is 76.0 cm³/mol. The Bertz CT molecular complexity index is 748. The van der Waals surface area contributed by atoms with Crippen molar-refractivity contribution < 1.29 is 9.53 Å². The van der Waals surface area contributed by atoms with Gasteiger partial charge in [0.15, 0.2) is 0 Å². The highest BCUT2D eigenvalue weighted by Crippen LogP contribution is 2.28. The summed E-state index contributed by atoms with van der Waals surface area (Å²) in [6.45, 7) is 0. The molecule has 0 aliphatic rings. The number of rotatable bonds is 3. The molecular formula is C15H11NO2S. The van der Waals surface area contributed by atoms with Crippen LogP contribution in [0.3, 0.4) is 0 Å². The number of fused-ring (bicyclic) bond motifs is 1. The molecule has 0 radical (unpaired) electrons. The molecule has 0 saturated carbocycles. The number of hydrogen-bond donors (Lipinski definition) is 0. The molecule has 0 amide bonds. The van der Waals surface area contributed by atoms with Crippen LogP contribution >= 0.6 is 11.3 Å². The molecule has 0 N–H and O–H groups in total. The summed E-state index contributed by atoms with van der Waals surface area (Å²) in [6, 6.07) is 11.1. The van der Waals surface area contributed by atoms with Crippen molar-refractivity contribution in [1.82, 2.24) is 4.98 Å². The molecular weight excluding hydrogens is 258 g/mol. The van der Waals surface area contributed by atoms with E-state index in [1.165, 1.54) is 11.3 Å². The Morgan fingerprint density at radius 2 is 2.16 bits per heavy atom. The Labute approximate surface area is 114 Å². The third-order valence-corrected chi connectivity index (χ3v) is 3.81. The number of thiophene rings is 1. The predicted octanol–water partition coefficient (Wildman–Crippen LogP) is 3.54. The molecule has 0 bridgehead atoms. The Hall–Kier alpha value is -2.20. The molecule has 0 atom stereocenters. The van der Waals surface area contributed by atoms with Crippen molar-refractivity contribution in [2.75, 3.05) is 7.11 Å². The number of ketones is 1. The summed E-state index contributed by atoms with van der Waals surface area (Å²) < 4.78 is 5.19. The van der Waals surface area contributed by atoms with E-state index >= 15 is 0 Å². The summed E-state index contributed by atoms with van der Waals surface area (Å²) in [5.74, 6) is 0.610. The smallest absolute Gasteiger partial charge is 0.206 e. The molecule has 1 aromatic carbocycles. The van der Waals surface area contributed by atoms with E-state index in [1.807, 2.05) is 29.6 Å². The second-order valence-electron chi connectivity index (χ2n) is 4.06. The molecule has 0 saturated heterocycles.